The number of fused-ring (bicyclic) bond motifs is 1. The number of nitrogens with one attached hydrogen (secondary N) is 2. The number of carbonyl (C=O) groups excluding carboxylic acids is 1. The van der Waals surface area contributed by atoms with Gasteiger partial charge in [0.1, 0.15) is 11.7 Å². The SMILES string of the molecule is Cc1nc(NCc2cnn(Cc3ccc(OC(F)F)nc3)c2)nc2c1NC(=O)[C@H](C(C)C)N2C. The number of likely N-dealkylation sites (N-methyl/N-ethyl adjacent to an activating group) is 1. The van der Waals surface area contributed by atoms with Crippen LogP contribution in [0, 0.1) is 12.8 Å². The molecule has 4 heterocycles. The highest BCUT2D eigenvalue weighted by Gasteiger charge is 2.35. The number of pyridine rings is 1. The molecule has 3 aromatic rings. The second-order valence-corrected chi connectivity index (χ2v) is 8.40. The third-order valence-corrected chi connectivity index (χ3v) is 5.46. The van der Waals surface area contributed by atoms with E-state index >= 15 is 0 Å². The first-order valence-corrected chi connectivity index (χ1v) is 10.8. The fourth-order valence-electron chi connectivity index (χ4n) is 3.91. The summed E-state index contributed by atoms with van der Waals surface area (Å²) in [6, 6.07) is 2.75. The molecule has 0 aromatic carbocycles. The third-order valence-electron chi connectivity index (χ3n) is 5.46. The molecule has 34 heavy (non-hydrogen) atoms. The van der Waals surface area contributed by atoms with Crippen molar-refractivity contribution in [2.24, 2.45) is 5.92 Å². The number of amides is 1. The number of hydrogen-bond acceptors (Lipinski definition) is 8. The highest BCUT2D eigenvalue weighted by atomic mass is 19.3. The zero-order valence-corrected chi connectivity index (χ0v) is 19.3. The molecular formula is C22H26F2N8O2. The Kier molecular flexibility index (Phi) is 6.57. The molecule has 1 aliphatic heterocycles. The van der Waals surface area contributed by atoms with Crippen molar-refractivity contribution in [2.75, 3.05) is 22.6 Å². The maximum Gasteiger partial charge on any atom is 0.388 e. The van der Waals surface area contributed by atoms with E-state index in [0.29, 0.717) is 36.2 Å². The predicted octanol–water partition coefficient (Wildman–Crippen LogP) is 3.05. The fourth-order valence-corrected chi connectivity index (χ4v) is 3.91. The lowest BCUT2D eigenvalue weighted by Crippen LogP contribution is -2.49. The highest BCUT2D eigenvalue weighted by Crippen LogP contribution is 2.34. The molecule has 1 amide bonds. The summed E-state index contributed by atoms with van der Waals surface area (Å²) < 4.78 is 30.5. The molecule has 2 N–H and O–H groups in total. The molecular weight excluding hydrogens is 446 g/mol. The second-order valence-electron chi connectivity index (χ2n) is 8.40. The van der Waals surface area contributed by atoms with Crippen molar-refractivity contribution in [1.82, 2.24) is 24.7 Å². The van der Waals surface area contributed by atoms with Gasteiger partial charge in [0.2, 0.25) is 17.7 Å². The molecule has 1 atom stereocenters. The maximum absolute atomic E-state index is 12.5. The minimum atomic E-state index is -2.90. The van der Waals surface area contributed by atoms with Crippen LogP contribution in [0.3, 0.4) is 0 Å². The van der Waals surface area contributed by atoms with Gasteiger partial charge in [0.25, 0.3) is 0 Å². The van der Waals surface area contributed by atoms with Gasteiger partial charge in [-0.25, -0.2) is 9.97 Å². The molecule has 4 rings (SSSR count). The van der Waals surface area contributed by atoms with Gasteiger partial charge < -0.3 is 20.3 Å². The zero-order valence-electron chi connectivity index (χ0n) is 19.3. The molecule has 0 unspecified atom stereocenters. The monoisotopic (exact) mass is 472 g/mol. The molecule has 3 aromatic heterocycles. The number of anilines is 3. The summed E-state index contributed by atoms with van der Waals surface area (Å²) >= 11 is 0. The molecule has 0 aliphatic carbocycles. The first-order chi connectivity index (χ1) is 16.2. The van der Waals surface area contributed by atoms with E-state index in [2.05, 4.69) is 35.4 Å². The predicted molar refractivity (Wildman–Crippen MR) is 122 cm³/mol. The van der Waals surface area contributed by atoms with Gasteiger partial charge in [-0.15, -0.1) is 0 Å². The summed E-state index contributed by atoms with van der Waals surface area (Å²) in [4.78, 5) is 27.3. The van der Waals surface area contributed by atoms with Crippen LogP contribution in [0.4, 0.5) is 26.2 Å². The van der Waals surface area contributed by atoms with Gasteiger partial charge >= 0.3 is 6.61 Å². The average Bonchev–Trinajstić information content (AvgIpc) is 3.21. The maximum atomic E-state index is 12.5. The quantitative estimate of drug-likeness (QED) is 0.515. The lowest BCUT2D eigenvalue weighted by atomic mass is 9.99. The standard InChI is InChI=1S/C22H26F2N8O2/c1-12(2)18-20(33)29-17-13(3)28-22(30-19(17)31(18)4)26-8-15-9-27-32(11-15)10-14-5-6-16(25-7-14)34-21(23)24/h5-7,9,11-12,18,21H,8,10H2,1-4H3,(H,29,33)(H,26,28,30)/t18-/m0/s1. The van der Waals surface area contributed by atoms with Crippen molar-refractivity contribution in [2.45, 2.75) is 46.5 Å². The number of nitrogens with zero attached hydrogens (tertiary/aromatic N) is 6. The van der Waals surface area contributed by atoms with E-state index in [4.69, 9.17) is 0 Å². The molecule has 0 saturated carbocycles. The van der Waals surface area contributed by atoms with Crippen LogP contribution in [0.5, 0.6) is 5.88 Å². The van der Waals surface area contributed by atoms with Crippen LogP contribution in [0.15, 0.2) is 30.7 Å². The van der Waals surface area contributed by atoms with Crippen LogP contribution in [0.1, 0.15) is 30.7 Å². The van der Waals surface area contributed by atoms with Crippen molar-refractivity contribution in [1.29, 1.82) is 0 Å². The van der Waals surface area contributed by atoms with E-state index in [1.54, 1.807) is 16.9 Å². The smallest absolute Gasteiger partial charge is 0.388 e. The molecule has 0 bridgehead atoms. The Labute approximate surface area is 195 Å². The average molecular weight is 473 g/mol. The van der Waals surface area contributed by atoms with E-state index < -0.39 is 6.61 Å². The van der Waals surface area contributed by atoms with Crippen LogP contribution in [0.25, 0.3) is 0 Å². The Morgan fingerprint density at radius 1 is 1.21 bits per heavy atom. The summed E-state index contributed by atoms with van der Waals surface area (Å²) in [5.74, 6) is 1.06. The van der Waals surface area contributed by atoms with Crippen molar-refractivity contribution >= 4 is 23.4 Å². The van der Waals surface area contributed by atoms with Crippen LogP contribution < -0.4 is 20.3 Å². The van der Waals surface area contributed by atoms with Crippen LogP contribution in [-0.4, -0.2) is 50.3 Å². The summed E-state index contributed by atoms with van der Waals surface area (Å²) in [5.41, 5.74) is 3.01. The van der Waals surface area contributed by atoms with Crippen LogP contribution >= 0.6 is 0 Å². The molecule has 0 fully saturated rings. The third kappa shape index (κ3) is 5.05. The fraction of sp³-hybridized carbons (Fsp3) is 0.409. The van der Waals surface area contributed by atoms with E-state index in [9.17, 15) is 13.6 Å². The minimum Gasteiger partial charge on any atom is -0.417 e. The first-order valence-electron chi connectivity index (χ1n) is 10.8. The van der Waals surface area contributed by atoms with Gasteiger partial charge in [0.15, 0.2) is 5.82 Å². The molecule has 0 radical (unpaired) electrons. The van der Waals surface area contributed by atoms with Gasteiger partial charge in [0, 0.05) is 37.6 Å². The van der Waals surface area contributed by atoms with Crippen molar-refractivity contribution < 1.29 is 18.3 Å². The van der Waals surface area contributed by atoms with Gasteiger partial charge in [0.05, 0.1) is 18.4 Å². The molecule has 180 valence electrons. The lowest BCUT2D eigenvalue weighted by Gasteiger charge is -2.36. The molecule has 10 nitrogen and oxygen atoms in total. The van der Waals surface area contributed by atoms with Crippen molar-refractivity contribution in [3.63, 3.8) is 0 Å². The van der Waals surface area contributed by atoms with E-state index in [1.165, 1.54) is 12.3 Å². The molecule has 0 spiro atoms. The Balaban J connectivity index is 1.41. The Bertz CT molecular complexity index is 1170. The van der Waals surface area contributed by atoms with Gasteiger partial charge in [-0.2, -0.15) is 18.9 Å². The van der Waals surface area contributed by atoms with E-state index in [0.717, 1.165) is 11.1 Å². The number of rotatable bonds is 8. The molecule has 0 saturated heterocycles. The number of ether oxygens (including phenoxy) is 1. The van der Waals surface area contributed by atoms with Crippen molar-refractivity contribution in [3.8, 4) is 5.88 Å². The number of alkyl halides is 2. The van der Waals surface area contributed by atoms with E-state index in [-0.39, 0.29) is 23.7 Å². The molecule has 1 aliphatic rings. The van der Waals surface area contributed by atoms with Gasteiger partial charge in [-0.05, 0) is 18.4 Å². The van der Waals surface area contributed by atoms with E-state index in [1.807, 2.05) is 38.9 Å². The normalized spacial score (nSPS) is 15.5. The van der Waals surface area contributed by atoms with Gasteiger partial charge in [-0.3, -0.25) is 9.48 Å². The van der Waals surface area contributed by atoms with Crippen molar-refractivity contribution in [3.05, 3.63) is 47.5 Å². The first kappa shape index (κ1) is 23.3. The minimum absolute atomic E-state index is 0.0591. The summed E-state index contributed by atoms with van der Waals surface area (Å²) in [7, 11) is 1.86. The van der Waals surface area contributed by atoms with Gasteiger partial charge in [-0.1, -0.05) is 19.9 Å². The van der Waals surface area contributed by atoms with Crippen LogP contribution in [0.2, 0.25) is 0 Å². The zero-order chi connectivity index (χ0) is 24.4. The second kappa shape index (κ2) is 9.57. The Morgan fingerprint density at radius 2 is 2.00 bits per heavy atom. The summed E-state index contributed by atoms with van der Waals surface area (Å²) in [6.07, 6.45) is 5.06. The lowest BCUT2D eigenvalue weighted by molar-refractivity contribution is -0.118. The largest absolute Gasteiger partial charge is 0.417 e. The van der Waals surface area contributed by atoms with Crippen LogP contribution in [-0.2, 0) is 17.9 Å². The molecule has 12 heteroatoms. The topological polar surface area (TPSA) is 110 Å². The number of carbonyl (C=O) groups is 1. The number of aromatic nitrogens is 5. The Morgan fingerprint density at radius 3 is 2.68 bits per heavy atom. The highest BCUT2D eigenvalue weighted by molar-refractivity contribution is 6.03. The number of hydrogen-bond donors (Lipinski definition) is 2. The Hall–Kier alpha value is -3.83. The summed E-state index contributed by atoms with van der Waals surface area (Å²) in [6.45, 7) is 3.80. The number of halogens is 2. The number of aryl methyl sites for hydroxylation is 1. The summed E-state index contributed by atoms with van der Waals surface area (Å²) in [5, 5.41) is 10.5.